The summed E-state index contributed by atoms with van der Waals surface area (Å²) in [6.07, 6.45) is -0.563. The molecule has 1 atom stereocenters. The Morgan fingerprint density at radius 1 is 1.24 bits per heavy atom. The zero-order valence-corrected chi connectivity index (χ0v) is 13.4. The second-order valence-corrected chi connectivity index (χ2v) is 4.61. The lowest BCUT2D eigenvalue weighted by atomic mass is 10.1. The summed E-state index contributed by atoms with van der Waals surface area (Å²) in [6, 6.07) is 5.77. The lowest BCUT2D eigenvalue weighted by Gasteiger charge is -2.20. The van der Waals surface area contributed by atoms with Gasteiger partial charge in [-0.05, 0) is 33.4 Å². The Labute approximate surface area is 127 Å². The van der Waals surface area contributed by atoms with E-state index < -0.39 is 6.10 Å². The van der Waals surface area contributed by atoms with E-state index in [1.54, 1.807) is 6.92 Å². The van der Waals surface area contributed by atoms with Crippen molar-refractivity contribution in [1.29, 1.82) is 0 Å². The number of amides is 1. The Bertz CT molecular complexity index is 449. The third-order valence-corrected chi connectivity index (χ3v) is 2.94. The zero-order chi connectivity index (χ0) is 15.7. The second kappa shape index (κ2) is 9.23. The highest BCUT2D eigenvalue weighted by Gasteiger charge is 2.18. The number of carbonyl (C=O) groups excluding carboxylic acids is 1. The van der Waals surface area contributed by atoms with E-state index in [2.05, 4.69) is 10.6 Å². The highest BCUT2D eigenvalue weighted by atomic mass is 16.5. The Morgan fingerprint density at radius 3 is 2.62 bits per heavy atom. The minimum atomic E-state index is -0.563. The average Bonchev–Trinajstić information content (AvgIpc) is 2.47. The molecule has 0 heterocycles. The maximum atomic E-state index is 11.8. The molecular weight excluding hydrogens is 268 g/mol. The van der Waals surface area contributed by atoms with Crippen molar-refractivity contribution in [2.24, 2.45) is 0 Å². The molecular formula is C16H26N2O3. The van der Waals surface area contributed by atoms with Crippen LogP contribution < -0.4 is 20.1 Å². The Hall–Kier alpha value is -1.75. The second-order valence-electron chi connectivity index (χ2n) is 4.61. The molecule has 1 aromatic carbocycles. The number of rotatable bonds is 9. The van der Waals surface area contributed by atoms with Crippen molar-refractivity contribution in [2.45, 2.75) is 40.3 Å². The van der Waals surface area contributed by atoms with Crippen molar-refractivity contribution in [3.8, 4) is 11.5 Å². The van der Waals surface area contributed by atoms with Gasteiger partial charge < -0.3 is 20.1 Å². The van der Waals surface area contributed by atoms with Gasteiger partial charge in [0.25, 0.3) is 5.91 Å². The number of likely N-dealkylation sites (N-methyl/N-ethyl adjacent to an activating group) is 1. The van der Waals surface area contributed by atoms with Crippen LogP contribution >= 0.6 is 0 Å². The molecule has 0 saturated carbocycles. The maximum absolute atomic E-state index is 11.8. The summed E-state index contributed by atoms with van der Waals surface area (Å²) in [5.41, 5.74) is 0.985. The molecule has 1 unspecified atom stereocenters. The first-order valence-electron chi connectivity index (χ1n) is 7.53. The van der Waals surface area contributed by atoms with Gasteiger partial charge in [0.15, 0.2) is 17.6 Å². The van der Waals surface area contributed by atoms with E-state index in [9.17, 15) is 4.79 Å². The molecule has 0 aliphatic rings. The van der Waals surface area contributed by atoms with Crippen LogP contribution in [0.4, 0.5) is 0 Å². The van der Waals surface area contributed by atoms with Crippen LogP contribution in [0, 0.1) is 0 Å². The molecule has 0 radical (unpaired) electrons. The summed E-state index contributed by atoms with van der Waals surface area (Å²) >= 11 is 0. The molecule has 0 bridgehead atoms. The zero-order valence-electron chi connectivity index (χ0n) is 13.4. The van der Waals surface area contributed by atoms with Gasteiger partial charge in [0.1, 0.15) is 0 Å². The molecule has 5 heteroatoms. The van der Waals surface area contributed by atoms with Crippen LogP contribution in [0.3, 0.4) is 0 Å². The third kappa shape index (κ3) is 5.27. The molecule has 0 fully saturated rings. The lowest BCUT2D eigenvalue weighted by molar-refractivity contribution is -0.127. The maximum Gasteiger partial charge on any atom is 0.260 e. The molecule has 0 spiro atoms. The van der Waals surface area contributed by atoms with Gasteiger partial charge in [-0.1, -0.05) is 19.1 Å². The third-order valence-electron chi connectivity index (χ3n) is 2.94. The van der Waals surface area contributed by atoms with Crippen LogP contribution in [0.5, 0.6) is 11.5 Å². The molecule has 2 N–H and O–H groups in total. The van der Waals surface area contributed by atoms with Crippen LogP contribution in [-0.4, -0.2) is 31.7 Å². The topological polar surface area (TPSA) is 59.6 Å². The first-order valence-corrected chi connectivity index (χ1v) is 7.53. The van der Waals surface area contributed by atoms with Gasteiger partial charge in [0.2, 0.25) is 0 Å². The summed E-state index contributed by atoms with van der Waals surface area (Å²) in [5, 5.41) is 6.03. The average molecular weight is 294 g/mol. The van der Waals surface area contributed by atoms with E-state index in [0.717, 1.165) is 12.1 Å². The van der Waals surface area contributed by atoms with Crippen molar-refractivity contribution in [3.63, 3.8) is 0 Å². The van der Waals surface area contributed by atoms with Crippen LogP contribution in [0.15, 0.2) is 18.2 Å². The van der Waals surface area contributed by atoms with Crippen molar-refractivity contribution < 1.29 is 14.3 Å². The van der Waals surface area contributed by atoms with Crippen molar-refractivity contribution in [2.75, 3.05) is 19.7 Å². The summed E-state index contributed by atoms with van der Waals surface area (Å²) < 4.78 is 11.5. The Morgan fingerprint density at radius 2 is 2.00 bits per heavy atom. The highest BCUT2D eigenvalue weighted by molar-refractivity contribution is 5.80. The van der Waals surface area contributed by atoms with E-state index in [1.807, 2.05) is 39.0 Å². The normalized spacial score (nSPS) is 11.8. The molecule has 5 nitrogen and oxygen atoms in total. The number of benzene rings is 1. The van der Waals surface area contributed by atoms with Crippen molar-refractivity contribution in [3.05, 3.63) is 23.8 Å². The fourth-order valence-corrected chi connectivity index (χ4v) is 1.91. The van der Waals surface area contributed by atoms with E-state index >= 15 is 0 Å². The van der Waals surface area contributed by atoms with Gasteiger partial charge >= 0.3 is 0 Å². The molecule has 118 valence electrons. The Kier molecular flexibility index (Phi) is 7.61. The number of nitrogens with one attached hydrogen (secondary N) is 2. The summed E-state index contributed by atoms with van der Waals surface area (Å²) in [7, 11) is 0. The minimum absolute atomic E-state index is 0.127. The van der Waals surface area contributed by atoms with Gasteiger partial charge in [-0.15, -0.1) is 0 Å². The van der Waals surface area contributed by atoms with Gasteiger partial charge in [0.05, 0.1) is 6.61 Å². The molecule has 0 aromatic heterocycles. The van der Waals surface area contributed by atoms with Crippen LogP contribution in [0.1, 0.15) is 33.3 Å². The van der Waals surface area contributed by atoms with Gasteiger partial charge in [-0.3, -0.25) is 4.79 Å². The fourth-order valence-electron chi connectivity index (χ4n) is 1.91. The molecule has 1 aromatic rings. The van der Waals surface area contributed by atoms with Crippen molar-refractivity contribution in [1.82, 2.24) is 10.6 Å². The van der Waals surface area contributed by atoms with Crippen LogP contribution in [0.2, 0.25) is 0 Å². The van der Waals surface area contributed by atoms with Gasteiger partial charge in [-0.25, -0.2) is 0 Å². The largest absolute Gasteiger partial charge is 0.490 e. The number of carbonyl (C=O) groups is 1. The van der Waals surface area contributed by atoms with Gasteiger partial charge in [0, 0.05) is 18.7 Å². The number of para-hydroxylation sites is 1. The molecule has 0 aliphatic heterocycles. The summed E-state index contributed by atoms with van der Waals surface area (Å²) in [6.45, 7) is 10.3. The molecule has 21 heavy (non-hydrogen) atoms. The number of ether oxygens (including phenoxy) is 2. The Balaban J connectivity index is 2.96. The van der Waals surface area contributed by atoms with Crippen molar-refractivity contribution >= 4 is 5.91 Å². The SMILES string of the molecule is CCNCc1cccc(OCC)c1OC(C)C(=O)NCC. The standard InChI is InChI=1S/C16H26N2O3/c1-5-17-11-13-9-8-10-14(20-7-3)15(13)21-12(4)16(19)18-6-2/h8-10,12,17H,5-7,11H2,1-4H3,(H,18,19). The lowest BCUT2D eigenvalue weighted by Crippen LogP contribution is -2.36. The van der Waals surface area contributed by atoms with Crippen LogP contribution in [-0.2, 0) is 11.3 Å². The summed E-state index contributed by atoms with van der Waals surface area (Å²) in [5.74, 6) is 1.18. The minimum Gasteiger partial charge on any atom is -0.490 e. The molecule has 0 aliphatic carbocycles. The first kappa shape index (κ1) is 17.3. The van der Waals surface area contributed by atoms with E-state index in [1.165, 1.54) is 0 Å². The predicted molar refractivity (Wildman–Crippen MR) is 83.8 cm³/mol. The molecule has 1 amide bonds. The van der Waals surface area contributed by atoms with E-state index in [-0.39, 0.29) is 5.91 Å². The fraction of sp³-hybridized carbons (Fsp3) is 0.562. The van der Waals surface area contributed by atoms with E-state index in [4.69, 9.17) is 9.47 Å². The molecule has 1 rings (SSSR count). The first-order chi connectivity index (χ1) is 10.1. The van der Waals surface area contributed by atoms with E-state index in [0.29, 0.717) is 31.2 Å². The summed E-state index contributed by atoms with van der Waals surface area (Å²) in [4.78, 5) is 11.8. The monoisotopic (exact) mass is 294 g/mol. The number of hydrogen-bond donors (Lipinski definition) is 2. The smallest absolute Gasteiger partial charge is 0.260 e. The van der Waals surface area contributed by atoms with Crippen LogP contribution in [0.25, 0.3) is 0 Å². The molecule has 0 saturated heterocycles. The van der Waals surface area contributed by atoms with Gasteiger partial charge in [-0.2, -0.15) is 0 Å². The highest BCUT2D eigenvalue weighted by Crippen LogP contribution is 2.32. The predicted octanol–water partition coefficient (Wildman–Crippen LogP) is 2.10. The number of hydrogen-bond acceptors (Lipinski definition) is 4. The quantitative estimate of drug-likeness (QED) is 0.732.